The van der Waals surface area contributed by atoms with Gasteiger partial charge in [-0.25, -0.2) is 8.42 Å². The Morgan fingerprint density at radius 2 is 1.47 bits per heavy atom. The third kappa shape index (κ3) is 9.52. The van der Waals surface area contributed by atoms with Crippen molar-refractivity contribution < 1.29 is 23.1 Å². The summed E-state index contributed by atoms with van der Waals surface area (Å²) in [6.07, 6.45) is 1.51. The lowest BCUT2D eigenvalue weighted by molar-refractivity contribution is -0.127. The van der Waals surface area contributed by atoms with Crippen molar-refractivity contribution in [2.45, 2.75) is 31.4 Å². The van der Waals surface area contributed by atoms with E-state index in [4.69, 9.17) is 5.73 Å². The molecule has 8 heteroatoms. The number of benzene rings is 3. The Kier molecular flexibility index (Phi) is 10.2. The number of carbonyl (C=O) groups excluding carboxylic acids is 2. The summed E-state index contributed by atoms with van der Waals surface area (Å²) in [5.74, 6) is -1.77. The van der Waals surface area contributed by atoms with Crippen molar-refractivity contribution in [2.24, 2.45) is 11.7 Å². The molecule has 0 fully saturated rings. The molecule has 200 valence electrons. The highest BCUT2D eigenvalue weighted by Crippen LogP contribution is 2.18. The molecule has 0 aliphatic carbocycles. The Morgan fingerprint density at radius 1 is 0.868 bits per heavy atom. The van der Waals surface area contributed by atoms with Crippen molar-refractivity contribution in [3.05, 3.63) is 108 Å². The van der Waals surface area contributed by atoms with Crippen molar-refractivity contribution >= 4 is 27.2 Å². The largest absolute Gasteiger partial charge is 0.508 e. The van der Waals surface area contributed by atoms with Gasteiger partial charge in [0, 0.05) is 12.1 Å². The molecule has 0 saturated carbocycles. The fraction of sp³-hybridized carbons (Fsp3) is 0.267. The number of nitrogens with one attached hydrogen (secondary N) is 1. The molecule has 0 bridgehead atoms. The predicted octanol–water partition coefficient (Wildman–Crippen LogP) is 3.80. The quantitative estimate of drug-likeness (QED) is 0.289. The van der Waals surface area contributed by atoms with E-state index in [9.17, 15) is 23.1 Å². The zero-order valence-corrected chi connectivity index (χ0v) is 22.1. The van der Waals surface area contributed by atoms with E-state index < -0.39 is 21.7 Å². The van der Waals surface area contributed by atoms with E-state index in [1.165, 1.54) is 0 Å². The van der Waals surface area contributed by atoms with Crippen LogP contribution in [-0.4, -0.2) is 37.5 Å². The number of hydrogen-bond donors (Lipinski definition) is 3. The lowest BCUT2D eigenvalue weighted by Crippen LogP contribution is -2.38. The van der Waals surface area contributed by atoms with Crippen LogP contribution < -0.4 is 11.1 Å². The van der Waals surface area contributed by atoms with Gasteiger partial charge in [0.05, 0.1) is 24.0 Å². The Labute approximate surface area is 224 Å². The van der Waals surface area contributed by atoms with E-state index in [1.54, 1.807) is 48.5 Å². The zero-order chi connectivity index (χ0) is 27.5. The summed E-state index contributed by atoms with van der Waals surface area (Å²) in [4.78, 5) is 25.5. The van der Waals surface area contributed by atoms with Gasteiger partial charge in [-0.3, -0.25) is 9.59 Å². The smallest absolute Gasteiger partial charge is 0.224 e. The highest BCUT2D eigenvalue weighted by molar-refractivity contribution is 7.90. The normalized spacial score (nSPS) is 12.0. The number of nitrogens with two attached hydrogens (primary N) is 1. The van der Waals surface area contributed by atoms with Crippen molar-refractivity contribution in [1.29, 1.82) is 0 Å². The number of phenolic OH excluding ortho intramolecular Hbond substituents is 1. The monoisotopic (exact) mass is 534 g/mol. The lowest BCUT2D eigenvalue weighted by atomic mass is 10.00. The fourth-order valence-electron chi connectivity index (χ4n) is 4.07. The highest BCUT2D eigenvalue weighted by Gasteiger charge is 2.26. The van der Waals surface area contributed by atoms with E-state index in [1.807, 2.05) is 30.3 Å². The molecule has 4 N–H and O–H groups in total. The van der Waals surface area contributed by atoms with Crippen molar-refractivity contribution in [3.8, 4) is 5.75 Å². The molecule has 7 nitrogen and oxygen atoms in total. The number of carbonyl (C=O) groups is 2. The third-order valence-corrected chi connectivity index (χ3v) is 7.93. The van der Waals surface area contributed by atoms with Crippen LogP contribution in [0.5, 0.6) is 5.75 Å². The summed E-state index contributed by atoms with van der Waals surface area (Å²) >= 11 is 0. The molecule has 1 amide bonds. The summed E-state index contributed by atoms with van der Waals surface area (Å²) in [5.41, 5.74) is 9.48. The van der Waals surface area contributed by atoms with Gasteiger partial charge in [0.1, 0.15) is 5.75 Å². The van der Waals surface area contributed by atoms with Crippen molar-refractivity contribution in [3.63, 3.8) is 0 Å². The maximum atomic E-state index is 13.0. The van der Waals surface area contributed by atoms with E-state index in [2.05, 4.69) is 11.9 Å². The molecule has 0 saturated heterocycles. The molecule has 3 aromatic carbocycles. The minimum atomic E-state index is -3.59. The molecular formula is C30H34N2O5S. The van der Waals surface area contributed by atoms with Gasteiger partial charge in [-0.1, -0.05) is 73.3 Å². The number of aromatic hydroxyl groups is 1. The van der Waals surface area contributed by atoms with Crippen LogP contribution in [0.15, 0.2) is 85.4 Å². The summed E-state index contributed by atoms with van der Waals surface area (Å²) < 4.78 is 25.9. The van der Waals surface area contributed by atoms with Gasteiger partial charge in [-0.15, -0.1) is 0 Å². The van der Waals surface area contributed by atoms with Crippen molar-refractivity contribution in [1.82, 2.24) is 5.32 Å². The Hall–Kier alpha value is -3.91. The second-order valence-electron chi connectivity index (χ2n) is 9.42. The van der Waals surface area contributed by atoms with Crippen LogP contribution in [0.3, 0.4) is 0 Å². The highest BCUT2D eigenvalue weighted by atomic mass is 32.2. The zero-order valence-electron chi connectivity index (χ0n) is 21.3. The molecule has 0 unspecified atom stereocenters. The van der Waals surface area contributed by atoms with Crippen LogP contribution in [-0.2, 0) is 38.0 Å². The molecular weight excluding hydrogens is 500 g/mol. The van der Waals surface area contributed by atoms with E-state index in [0.29, 0.717) is 24.1 Å². The number of sulfone groups is 1. The van der Waals surface area contributed by atoms with Crippen LogP contribution in [0.2, 0.25) is 0 Å². The Balaban J connectivity index is 1.59. The molecule has 1 atom stereocenters. The summed E-state index contributed by atoms with van der Waals surface area (Å²) in [5, 5.41) is 12.2. The first-order valence-electron chi connectivity index (χ1n) is 12.5. The average molecular weight is 535 g/mol. The van der Waals surface area contributed by atoms with Gasteiger partial charge in [0.25, 0.3) is 0 Å². The molecule has 0 radical (unpaired) electrons. The number of Topliss-reactive ketones (excluding diaryl/α,β-unsaturated/α-hetero) is 1. The van der Waals surface area contributed by atoms with Crippen molar-refractivity contribution in [2.75, 3.05) is 12.3 Å². The molecule has 0 aliphatic rings. The number of rotatable bonds is 14. The van der Waals surface area contributed by atoms with Gasteiger partial charge in [-0.05, 0) is 53.6 Å². The standard InChI is InChI=1S/C30H34N2O5S/c1-22(31)26-13-7-23(8-14-26)12-18-29(34)19-32-30(35)27(15-9-24-10-16-28(33)17-11-24)21-38(36,37)20-25-5-3-2-4-6-25/h2-8,10-11,13-14,16-17,27,33H,1,9,12,15,18-21,31H2,(H,32,35)/t27-/m0/s1. The lowest BCUT2D eigenvalue weighted by Gasteiger charge is -2.17. The molecule has 0 aliphatic heterocycles. The molecule has 0 heterocycles. The summed E-state index contributed by atoms with van der Waals surface area (Å²) in [6, 6.07) is 22.9. The van der Waals surface area contributed by atoms with Gasteiger partial charge in [-0.2, -0.15) is 0 Å². The van der Waals surface area contributed by atoms with E-state index in [0.717, 1.165) is 16.7 Å². The van der Waals surface area contributed by atoms with Gasteiger partial charge < -0.3 is 16.2 Å². The van der Waals surface area contributed by atoms with Gasteiger partial charge in [0.15, 0.2) is 15.6 Å². The molecule has 0 aromatic heterocycles. The first-order chi connectivity index (χ1) is 18.1. The summed E-state index contributed by atoms with van der Waals surface area (Å²) in [6.45, 7) is 3.53. The number of aryl methyl sites for hydroxylation is 2. The SMILES string of the molecule is C=C(N)c1ccc(CCC(=O)CNC(=O)[C@@H](CCc2ccc(O)cc2)CS(=O)(=O)Cc2ccccc2)cc1. The number of hydrogen-bond acceptors (Lipinski definition) is 6. The first-order valence-corrected chi connectivity index (χ1v) is 14.3. The molecule has 3 aromatic rings. The number of amides is 1. The van der Waals surface area contributed by atoms with Crippen LogP contribution in [0.1, 0.15) is 35.1 Å². The first kappa shape index (κ1) is 28.7. The minimum absolute atomic E-state index is 0.132. The van der Waals surface area contributed by atoms with Gasteiger partial charge >= 0.3 is 0 Å². The second-order valence-corrected chi connectivity index (χ2v) is 11.5. The fourth-order valence-corrected chi connectivity index (χ4v) is 5.82. The molecule has 0 spiro atoms. The maximum Gasteiger partial charge on any atom is 0.224 e. The van der Waals surface area contributed by atoms with Crippen LogP contribution in [0, 0.1) is 5.92 Å². The predicted molar refractivity (Wildman–Crippen MR) is 150 cm³/mol. The number of phenols is 1. The maximum absolute atomic E-state index is 13.0. The van der Waals surface area contributed by atoms with Crippen LogP contribution >= 0.6 is 0 Å². The topological polar surface area (TPSA) is 127 Å². The van der Waals surface area contributed by atoms with Gasteiger partial charge in [0.2, 0.25) is 5.91 Å². The summed E-state index contributed by atoms with van der Waals surface area (Å²) in [7, 11) is -3.59. The third-order valence-electron chi connectivity index (χ3n) is 6.25. The van der Waals surface area contributed by atoms with Crippen LogP contribution in [0.4, 0.5) is 0 Å². The number of ketones is 1. The Bertz CT molecular complexity index is 1340. The Morgan fingerprint density at radius 3 is 2.11 bits per heavy atom. The van der Waals surface area contributed by atoms with E-state index >= 15 is 0 Å². The average Bonchev–Trinajstić information content (AvgIpc) is 2.89. The van der Waals surface area contributed by atoms with E-state index in [-0.39, 0.29) is 42.4 Å². The van der Waals surface area contributed by atoms with Crippen LogP contribution in [0.25, 0.3) is 5.70 Å². The molecule has 38 heavy (non-hydrogen) atoms. The second kappa shape index (κ2) is 13.6. The minimum Gasteiger partial charge on any atom is -0.508 e. The molecule has 3 rings (SSSR count).